The number of carbonyl (C=O) groups is 1. The number of anilines is 1. The van der Waals surface area contributed by atoms with Crippen molar-refractivity contribution >= 4 is 17.4 Å². The topological polar surface area (TPSA) is 126 Å². The van der Waals surface area contributed by atoms with E-state index in [0.717, 1.165) is 31.7 Å². The monoisotopic (exact) mass is 348 g/mol. The van der Waals surface area contributed by atoms with E-state index in [1.54, 1.807) is 16.8 Å². The summed E-state index contributed by atoms with van der Waals surface area (Å²) < 4.78 is 1.70. The van der Waals surface area contributed by atoms with E-state index < -0.39 is 5.91 Å². The zero-order chi connectivity index (χ0) is 18.1. The predicted molar refractivity (Wildman–Crippen MR) is 93.1 cm³/mol. The summed E-state index contributed by atoms with van der Waals surface area (Å²) in [5.74, 6) is 0.817. The number of piperidine rings is 1. The Labute approximate surface area is 149 Å². The molecule has 1 amide bonds. The fraction of sp³-hybridized carbons (Fsp3) is 0.294. The molecular formula is C17H16N8O. The second kappa shape index (κ2) is 6.40. The third kappa shape index (κ3) is 2.82. The quantitative estimate of drug-likeness (QED) is 0.749. The summed E-state index contributed by atoms with van der Waals surface area (Å²) in [7, 11) is 0. The van der Waals surface area contributed by atoms with Crippen molar-refractivity contribution in [1.29, 1.82) is 5.26 Å². The number of fused-ring (bicyclic) bond motifs is 1. The Morgan fingerprint density at radius 2 is 2.04 bits per heavy atom. The maximum absolute atomic E-state index is 11.4. The van der Waals surface area contributed by atoms with Crippen molar-refractivity contribution in [3.8, 4) is 17.6 Å². The number of primary amides is 1. The summed E-state index contributed by atoms with van der Waals surface area (Å²) in [5, 5.41) is 9.04. The van der Waals surface area contributed by atoms with Crippen molar-refractivity contribution in [2.24, 2.45) is 11.7 Å². The molecule has 1 aliphatic rings. The molecule has 2 N–H and O–H groups in total. The third-order valence-corrected chi connectivity index (χ3v) is 4.52. The fourth-order valence-electron chi connectivity index (χ4n) is 3.07. The number of carbonyl (C=O) groups excluding carboxylic acids is 1. The van der Waals surface area contributed by atoms with Crippen LogP contribution in [0, 0.1) is 17.2 Å². The molecule has 3 aromatic rings. The average Bonchev–Trinajstić information content (AvgIpc) is 3.11. The molecule has 130 valence electrons. The van der Waals surface area contributed by atoms with Gasteiger partial charge >= 0.3 is 0 Å². The van der Waals surface area contributed by atoms with Gasteiger partial charge in [0.05, 0.1) is 18.5 Å². The van der Waals surface area contributed by atoms with Crippen LogP contribution in [0.15, 0.2) is 30.9 Å². The van der Waals surface area contributed by atoms with Crippen molar-refractivity contribution in [2.75, 3.05) is 18.0 Å². The molecule has 0 saturated carbocycles. The van der Waals surface area contributed by atoms with Gasteiger partial charge in [0.1, 0.15) is 17.2 Å². The molecule has 26 heavy (non-hydrogen) atoms. The first-order valence-corrected chi connectivity index (χ1v) is 8.26. The molecule has 1 saturated heterocycles. The lowest BCUT2D eigenvalue weighted by Gasteiger charge is -2.30. The summed E-state index contributed by atoms with van der Waals surface area (Å²) in [6, 6.07) is 4.19. The zero-order valence-electron chi connectivity index (χ0n) is 13.9. The number of hydrogen-bond acceptors (Lipinski definition) is 7. The van der Waals surface area contributed by atoms with E-state index in [2.05, 4.69) is 30.9 Å². The van der Waals surface area contributed by atoms with Crippen LogP contribution in [0.2, 0.25) is 0 Å². The normalized spacial score (nSPS) is 15.1. The summed E-state index contributed by atoms with van der Waals surface area (Å²) >= 11 is 0. The van der Waals surface area contributed by atoms with E-state index in [9.17, 15) is 4.79 Å². The predicted octanol–water partition coefficient (Wildman–Crippen LogP) is 1.03. The number of rotatable bonds is 3. The number of nitrogens with zero attached hydrogens (tertiary/aromatic N) is 7. The molecular weight excluding hydrogens is 332 g/mol. The second-order valence-electron chi connectivity index (χ2n) is 6.14. The van der Waals surface area contributed by atoms with Gasteiger partial charge in [0, 0.05) is 31.4 Å². The zero-order valence-corrected chi connectivity index (χ0v) is 13.9. The molecule has 0 unspecified atom stereocenters. The highest BCUT2D eigenvalue weighted by atomic mass is 16.1. The molecule has 9 heteroatoms. The lowest BCUT2D eigenvalue weighted by molar-refractivity contribution is 0.0995. The van der Waals surface area contributed by atoms with Gasteiger partial charge in [0.15, 0.2) is 11.5 Å². The number of aromatic nitrogens is 5. The van der Waals surface area contributed by atoms with Crippen LogP contribution in [-0.4, -0.2) is 43.3 Å². The Bertz CT molecular complexity index is 1010. The van der Waals surface area contributed by atoms with Crippen molar-refractivity contribution < 1.29 is 4.79 Å². The third-order valence-electron chi connectivity index (χ3n) is 4.52. The molecule has 4 rings (SSSR count). The maximum atomic E-state index is 11.4. The smallest absolute Gasteiger partial charge is 0.268 e. The van der Waals surface area contributed by atoms with Crippen LogP contribution in [0.25, 0.3) is 17.2 Å². The molecule has 0 bridgehead atoms. The Morgan fingerprint density at radius 1 is 1.23 bits per heavy atom. The second-order valence-corrected chi connectivity index (χ2v) is 6.14. The van der Waals surface area contributed by atoms with Crippen LogP contribution >= 0.6 is 0 Å². The molecule has 3 aromatic heterocycles. The molecule has 0 aromatic carbocycles. The highest BCUT2D eigenvalue weighted by Gasteiger charge is 2.20. The van der Waals surface area contributed by atoms with Gasteiger partial charge < -0.3 is 10.6 Å². The van der Waals surface area contributed by atoms with Crippen LogP contribution in [0.1, 0.15) is 23.3 Å². The van der Waals surface area contributed by atoms with Crippen molar-refractivity contribution in [3.05, 3.63) is 36.5 Å². The van der Waals surface area contributed by atoms with Crippen LogP contribution in [0.3, 0.4) is 0 Å². The van der Waals surface area contributed by atoms with Gasteiger partial charge in [0.2, 0.25) is 0 Å². The number of nitriles is 1. The number of nitrogens with two attached hydrogens (primary N) is 1. The van der Waals surface area contributed by atoms with Crippen molar-refractivity contribution in [2.45, 2.75) is 12.8 Å². The van der Waals surface area contributed by atoms with E-state index in [0.29, 0.717) is 17.2 Å². The van der Waals surface area contributed by atoms with Gasteiger partial charge in [-0.15, -0.1) is 0 Å². The highest BCUT2D eigenvalue weighted by molar-refractivity contribution is 5.90. The Kier molecular flexibility index (Phi) is 3.93. The largest absolute Gasteiger partial charge is 0.364 e. The minimum absolute atomic E-state index is 0.117. The summed E-state index contributed by atoms with van der Waals surface area (Å²) in [4.78, 5) is 30.8. The Hall–Kier alpha value is -3.54. The van der Waals surface area contributed by atoms with E-state index in [-0.39, 0.29) is 11.6 Å². The first-order valence-electron chi connectivity index (χ1n) is 8.26. The first-order chi connectivity index (χ1) is 12.7. The van der Waals surface area contributed by atoms with Gasteiger partial charge in [-0.3, -0.25) is 9.20 Å². The molecule has 0 radical (unpaired) electrons. The highest BCUT2D eigenvalue weighted by Crippen LogP contribution is 2.24. The molecule has 4 heterocycles. The van der Waals surface area contributed by atoms with E-state index in [1.165, 1.54) is 12.4 Å². The molecule has 0 aliphatic carbocycles. The Morgan fingerprint density at radius 3 is 2.77 bits per heavy atom. The SMILES string of the molecule is N#CC1CCN(c2ccnc(-c3cnc4cnc(C(N)=O)cn34)n2)CC1. The number of imidazole rings is 1. The van der Waals surface area contributed by atoms with E-state index >= 15 is 0 Å². The minimum atomic E-state index is -0.610. The summed E-state index contributed by atoms with van der Waals surface area (Å²) in [6.45, 7) is 1.58. The van der Waals surface area contributed by atoms with Crippen LogP contribution in [0.4, 0.5) is 5.82 Å². The van der Waals surface area contributed by atoms with E-state index in [4.69, 9.17) is 11.0 Å². The number of hydrogen-bond donors (Lipinski definition) is 1. The summed E-state index contributed by atoms with van der Waals surface area (Å²) in [5.41, 5.74) is 6.68. The molecule has 0 atom stereocenters. The maximum Gasteiger partial charge on any atom is 0.268 e. The Balaban J connectivity index is 1.69. The van der Waals surface area contributed by atoms with Gasteiger partial charge in [0.25, 0.3) is 5.91 Å². The molecule has 9 nitrogen and oxygen atoms in total. The standard InChI is InChI=1S/C17H16N8O/c18-7-11-2-5-24(6-3-11)14-1-4-20-17(23-14)13-8-22-15-9-21-12(16(19)26)10-25(13)15/h1,4,8-11H,2-3,5-6H2,(H2,19,26). The van der Waals surface area contributed by atoms with E-state index in [1.807, 2.05) is 6.07 Å². The summed E-state index contributed by atoms with van der Waals surface area (Å²) in [6.07, 6.45) is 8.03. The molecule has 0 spiro atoms. The van der Waals surface area contributed by atoms with Gasteiger partial charge in [-0.1, -0.05) is 0 Å². The lowest BCUT2D eigenvalue weighted by atomic mass is 9.99. The van der Waals surface area contributed by atoms with Gasteiger partial charge in [-0.2, -0.15) is 5.26 Å². The average molecular weight is 348 g/mol. The van der Waals surface area contributed by atoms with Crippen LogP contribution in [-0.2, 0) is 0 Å². The molecule has 1 fully saturated rings. The number of amides is 1. The molecule has 1 aliphatic heterocycles. The first kappa shape index (κ1) is 16.0. The van der Waals surface area contributed by atoms with Gasteiger partial charge in [-0.25, -0.2) is 19.9 Å². The van der Waals surface area contributed by atoms with Crippen molar-refractivity contribution in [3.63, 3.8) is 0 Å². The lowest BCUT2D eigenvalue weighted by Crippen LogP contribution is -2.33. The van der Waals surface area contributed by atoms with Crippen LogP contribution in [0.5, 0.6) is 0 Å². The fourth-order valence-corrected chi connectivity index (χ4v) is 3.07. The van der Waals surface area contributed by atoms with Crippen LogP contribution < -0.4 is 10.6 Å². The minimum Gasteiger partial charge on any atom is -0.364 e. The van der Waals surface area contributed by atoms with Gasteiger partial charge in [-0.05, 0) is 18.9 Å². The van der Waals surface area contributed by atoms with Crippen molar-refractivity contribution in [1.82, 2.24) is 24.3 Å².